The lowest BCUT2D eigenvalue weighted by Gasteiger charge is -2.34. The Morgan fingerprint density at radius 3 is 2.40 bits per heavy atom. The Bertz CT molecular complexity index is 769. The van der Waals surface area contributed by atoms with E-state index < -0.39 is 0 Å². The highest BCUT2D eigenvalue weighted by Crippen LogP contribution is 2.27. The standard InChI is InChI=1S/C20H23N3O2/c24-19-8-4-3-7-18(19)22-13-11-21(12-14-22)15-20(25)23-10-9-16-5-1-2-6-17(16)23/h1-8,24H,9-15H2/p+1. The molecule has 0 bridgehead atoms. The molecule has 2 aromatic carbocycles. The molecule has 2 aliphatic heterocycles. The van der Waals surface area contributed by atoms with Crippen molar-refractivity contribution in [1.82, 2.24) is 0 Å². The number of piperazine rings is 1. The lowest BCUT2D eigenvalue weighted by Crippen LogP contribution is -3.16. The number of benzene rings is 2. The van der Waals surface area contributed by atoms with Gasteiger partial charge in [-0.3, -0.25) is 4.79 Å². The first-order valence-electron chi connectivity index (χ1n) is 8.97. The fourth-order valence-corrected chi connectivity index (χ4v) is 3.88. The molecule has 0 spiro atoms. The number of rotatable bonds is 3. The lowest BCUT2D eigenvalue weighted by atomic mass is 10.2. The molecule has 2 N–H and O–H groups in total. The zero-order chi connectivity index (χ0) is 17.2. The maximum Gasteiger partial charge on any atom is 0.282 e. The van der Waals surface area contributed by atoms with E-state index in [0.717, 1.165) is 50.5 Å². The summed E-state index contributed by atoms with van der Waals surface area (Å²) in [6.07, 6.45) is 0.957. The number of quaternary nitrogens is 1. The van der Waals surface area contributed by atoms with Crippen molar-refractivity contribution in [3.63, 3.8) is 0 Å². The number of carbonyl (C=O) groups is 1. The Morgan fingerprint density at radius 1 is 0.960 bits per heavy atom. The average Bonchev–Trinajstić information content (AvgIpc) is 3.07. The third-order valence-corrected chi connectivity index (χ3v) is 5.28. The molecule has 0 unspecified atom stereocenters. The number of nitrogens with zero attached hydrogens (tertiary/aromatic N) is 2. The smallest absolute Gasteiger partial charge is 0.282 e. The zero-order valence-electron chi connectivity index (χ0n) is 14.3. The van der Waals surface area contributed by atoms with E-state index in [0.29, 0.717) is 12.3 Å². The number of hydrogen-bond donors (Lipinski definition) is 2. The molecular weight excluding hydrogens is 314 g/mol. The van der Waals surface area contributed by atoms with E-state index in [1.54, 1.807) is 6.07 Å². The van der Waals surface area contributed by atoms with Crippen molar-refractivity contribution in [1.29, 1.82) is 0 Å². The quantitative estimate of drug-likeness (QED) is 0.866. The zero-order valence-corrected chi connectivity index (χ0v) is 14.3. The molecule has 0 atom stereocenters. The summed E-state index contributed by atoms with van der Waals surface area (Å²) in [5, 5.41) is 10.0. The van der Waals surface area contributed by atoms with E-state index >= 15 is 0 Å². The fraction of sp³-hybridized carbons (Fsp3) is 0.350. The molecular formula is C20H24N3O2+. The van der Waals surface area contributed by atoms with Gasteiger partial charge in [-0.2, -0.15) is 0 Å². The number of phenols is 1. The summed E-state index contributed by atoms with van der Waals surface area (Å²) in [6, 6.07) is 15.7. The SMILES string of the molecule is O=C(C[NH+]1CCN(c2ccccc2O)CC1)N1CCc2ccccc21. The van der Waals surface area contributed by atoms with Crippen LogP contribution in [0.4, 0.5) is 11.4 Å². The first-order valence-corrected chi connectivity index (χ1v) is 8.97. The maximum absolute atomic E-state index is 12.7. The molecule has 5 heteroatoms. The Morgan fingerprint density at radius 2 is 1.64 bits per heavy atom. The van der Waals surface area contributed by atoms with Crippen LogP contribution in [0.2, 0.25) is 0 Å². The molecule has 4 rings (SSSR count). The van der Waals surface area contributed by atoms with Crippen LogP contribution in [0.25, 0.3) is 0 Å². The molecule has 1 fully saturated rings. The molecule has 0 radical (unpaired) electrons. The summed E-state index contributed by atoms with van der Waals surface area (Å²) in [5.74, 6) is 0.548. The van der Waals surface area contributed by atoms with Gasteiger partial charge in [0, 0.05) is 12.2 Å². The van der Waals surface area contributed by atoms with E-state index in [2.05, 4.69) is 11.0 Å². The molecule has 0 aliphatic carbocycles. The highest BCUT2D eigenvalue weighted by molar-refractivity contribution is 5.96. The van der Waals surface area contributed by atoms with E-state index in [4.69, 9.17) is 0 Å². The molecule has 2 aromatic rings. The minimum atomic E-state index is 0.218. The number of carbonyl (C=O) groups excluding carboxylic acids is 1. The normalized spacial score (nSPS) is 17.6. The van der Waals surface area contributed by atoms with Crippen molar-refractivity contribution in [2.24, 2.45) is 0 Å². The van der Waals surface area contributed by atoms with Gasteiger partial charge in [0.25, 0.3) is 5.91 Å². The number of fused-ring (bicyclic) bond motifs is 1. The van der Waals surface area contributed by atoms with Crippen LogP contribution in [0.3, 0.4) is 0 Å². The summed E-state index contributed by atoms with van der Waals surface area (Å²) in [5.41, 5.74) is 3.25. The van der Waals surface area contributed by atoms with Crippen LogP contribution in [0.15, 0.2) is 48.5 Å². The van der Waals surface area contributed by atoms with Crippen LogP contribution in [-0.2, 0) is 11.2 Å². The molecule has 2 heterocycles. The Labute approximate surface area is 148 Å². The van der Waals surface area contributed by atoms with Crippen LogP contribution in [0, 0.1) is 0 Å². The molecule has 5 nitrogen and oxygen atoms in total. The summed E-state index contributed by atoms with van der Waals surface area (Å²) >= 11 is 0. The summed E-state index contributed by atoms with van der Waals surface area (Å²) in [7, 11) is 0. The van der Waals surface area contributed by atoms with Gasteiger partial charge in [0.15, 0.2) is 6.54 Å². The highest BCUT2D eigenvalue weighted by Gasteiger charge is 2.29. The molecule has 25 heavy (non-hydrogen) atoms. The third-order valence-electron chi connectivity index (χ3n) is 5.28. The minimum Gasteiger partial charge on any atom is -0.506 e. The second-order valence-electron chi connectivity index (χ2n) is 6.83. The maximum atomic E-state index is 12.7. The number of anilines is 2. The van der Waals surface area contributed by atoms with Crippen molar-refractivity contribution in [2.45, 2.75) is 6.42 Å². The monoisotopic (exact) mass is 338 g/mol. The third kappa shape index (κ3) is 3.20. The second kappa shape index (κ2) is 6.76. The van der Waals surface area contributed by atoms with Gasteiger partial charge in [-0.1, -0.05) is 30.3 Å². The van der Waals surface area contributed by atoms with Gasteiger partial charge in [0.05, 0.1) is 31.9 Å². The van der Waals surface area contributed by atoms with Crippen molar-refractivity contribution >= 4 is 17.3 Å². The largest absolute Gasteiger partial charge is 0.506 e. The molecule has 0 aromatic heterocycles. The van der Waals surface area contributed by atoms with E-state index in [1.807, 2.05) is 41.3 Å². The van der Waals surface area contributed by atoms with Crippen molar-refractivity contribution in [2.75, 3.05) is 49.1 Å². The minimum absolute atomic E-state index is 0.218. The number of para-hydroxylation sites is 3. The Hall–Kier alpha value is -2.53. The van der Waals surface area contributed by atoms with Gasteiger partial charge < -0.3 is 19.8 Å². The van der Waals surface area contributed by atoms with Crippen LogP contribution < -0.4 is 14.7 Å². The van der Waals surface area contributed by atoms with E-state index in [-0.39, 0.29) is 5.91 Å². The van der Waals surface area contributed by atoms with Gasteiger partial charge in [0.2, 0.25) is 0 Å². The van der Waals surface area contributed by atoms with Gasteiger partial charge in [-0.05, 0) is 30.2 Å². The molecule has 1 saturated heterocycles. The van der Waals surface area contributed by atoms with Gasteiger partial charge in [-0.25, -0.2) is 0 Å². The Balaban J connectivity index is 1.35. The topological polar surface area (TPSA) is 48.2 Å². The number of hydrogen-bond acceptors (Lipinski definition) is 3. The Kier molecular flexibility index (Phi) is 4.32. The fourth-order valence-electron chi connectivity index (χ4n) is 3.88. The van der Waals surface area contributed by atoms with Crippen molar-refractivity contribution in [3.05, 3.63) is 54.1 Å². The first-order chi connectivity index (χ1) is 12.2. The average molecular weight is 338 g/mol. The second-order valence-corrected chi connectivity index (χ2v) is 6.83. The van der Waals surface area contributed by atoms with E-state index in [1.165, 1.54) is 10.5 Å². The van der Waals surface area contributed by atoms with Crippen LogP contribution in [0.5, 0.6) is 5.75 Å². The number of nitrogens with one attached hydrogen (secondary N) is 1. The number of phenolic OH excluding ortho intramolecular Hbond substituents is 1. The predicted molar refractivity (Wildman–Crippen MR) is 98.4 cm³/mol. The summed E-state index contributed by atoms with van der Waals surface area (Å²) in [6.45, 7) is 4.89. The summed E-state index contributed by atoms with van der Waals surface area (Å²) in [4.78, 5) is 18.2. The summed E-state index contributed by atoms with van der Waals surface area (Å²) < 4.78 is 0. The van der Waals surface area contributed by atoms with Gasteiger partial charge >= 0.3 is 0 Å². The highest BCUT2D eigenvalue weighted by atomic mass is 16.3. The number of aromatic hydroxyl groups is 1. The molecule has 130 valence electrons. The molecule has 0 saturated carbocycles. The van der Waals surface area contributed by atoms with E-state index in [9.17, 15) is 9.90 Å². The van der Waals surface area contributed by atoms with Crippen molar-refractivity contribution < 1.29 is 14.8 Å². The molecule has 2 aliphatic rings. The van der Waals surface area contributed by atoms with Gasteiger partial charge in [0.1, 0.15) is 5.75 Å². The van der Waals surface area contributed by atoms with Gasteiger partial charge in [-0.15, -0.1) is 0 Å². The van der Waals surface area contributed by atoms with Crippen molar-refractivity contribution in [3.8, 4) is 5.75 Å². The predicted octanol–water partition coefficient (Wildman–Crippen LogP) is 0.686. The van der Waals surface area contributed by atoms with Crippen LogP contribution in [-0.4, -0.2) is 50.3 Å². The molecule has 1 amide bonds. The number of amides is 1. The van der Waals surface area contributed by atoms with Crippen LogP contribution >= 0.6 is 0 Å². The lowest BCUT2D eigenvalue weighted by molar-refractivity contribution is -0.892. The first kappa shape index (κ1) is 16.0. The van der Waals surface area contributed by atoms with Crippen LogP contribution in [0.1, 0.15) is 5.56 Å².